The van der Waals surface area contributed by atoms with Crippen LogP contribution in [0.5, 0.6) is 0 Å². The number of rotatable bonds is 4. The fraction of sp³-hybridized carbons (Fsp3) is 0.185. The van der Waals surface area contributed by atoms with Gasteiger partial charge in [-0.3, -0.25) is 9.59 Å². The van der Waals surface area contributed by atoms with Crippen LogP contribution in [0.15, 0.2) is 60.3 Å². The Morgan fingerprint density at radius 1 is 0.688 bits per heavy atom. The molecule has 0 saturated carbocycles. The normalized spacial score (nSPS) is 13.9. The fourth-order valence-electron chi connectivity index (χ4n) is 3.77. The first kappa shape index (κ1) is 21.8. The summed E-state index contributed by atoms with van der Waals surface area (Å²) < 4.78 is 0. The molecule has 3 aromatic carbocycles. The summed E-state index contributed by atoms with van der Waals surface area (Å²) in [7, 11) is 0. The molecule has 0 saturated heterocycles. The van der Waals surface area contributed by atoms with E-state index in [1.165, 1.54) is 4.90 Å². The Bertz CT molecular complexity index is 1310. The highest BCUT2D eigenvalue weighted by Gasteiger charge is 2.40. The van der Waals surface area contributed by atoms with Crippen molar-refractivity contribution in [1.29, 1.82) is 0 Å². The summed E-state index contributed by atoms with van der Waals surface area (Å²) in [6.07, 6.45) is 0. The maximum absolute atomic E-state index is 13.6. The van der Waals surface area contributed by atoms with Gasteiger partial charge in [0.05, 0.1) is 11.3 Å². The molecule has 0 fully saturated rings. The second-order valence-electron chi connectivity index (χ2n) is 8.35. The molecule has 3 aromatic rings. The monoisotopic (exact) mass is 444 g/mol. The number of anilines is 2. The summed E-state index contributed by atoms with van der Waals surface area (Å²) in [4.78, 5) is 28.5. The van der Waals surface area contributed by atoms with Crippen LogP contribution in [0.2, 0.25) is 5.02 Å². The van der Waals surface area contributed by atoms with Gasteiger partial charge in [0, 0.05) is 10.7 Å². The van der Waals surface area contributed by atoms with Crippen LogP contribution in [0, 0.1) is 34.6 Å². The van der Waals surface area contributed by atoms with Gasteiger partial charge in [-0.15, -0.1) is 0 Å². The van der Waals surface area contributed by atoms with E-state index >= 15 is 0 Å². The van der Waals surface area contributed by atoms with Gasteiger partial charge in [-0.05, 0) is 92.3 Å². The van der Waals surface area contributed by atoms with Gasteiger partial charge >= 0.3 is 0 Å². The van der Waals surface area contributed by atoms with Gasteiger partial charge in [0.2, 0.25) is 0 Å². The van der Waals surface area contributed by atoms with Crippen LogP contribution in [-0.2, 0) is 9.59 Å². The van der Waals surface area contributed by atoms with Crippen molar-refractivity contribution in [2.45, 2.75) is 34.6 Å². The van der Waals surface area contributed by atoms with Gasteiger partial charge in [0.15, 0.2) is 0 Å². The summed E-state index contributed by atoms with van der Waals surface area (Å²) in [6, 6.07) is 16.8. The molecule has 4 nitrogen and oxygen atoms in total. The average molecular weight is 445 g/mol. The minimum absolute atomic E-state index is 0.252. The first-order chi connectivity index (χ1) is 15.2. The van der Waals surface area contributed by atoms with E-state index in [0.717, 1.165) is 27.8 Å². The van der Waals surface area contributed by atoms with Crippen molar-refractivity contribution >= 4 is 40.4 Å². The number of carbonyl (C=O) groups excluding carboxylic acids is 2. The lowest BCUT2D eigenvalue weighted by molar-refractivity contribution is -0.120. The first-order valence-electron chi connectivity index (χ1n) is 10.5. The van der Waals surface area contributed by atoms with Crippen LogP contribution < -0.4 is 10.2 Å². The van der Waals surface area contributed by atoms with Crippen molar-refractivity contribution in [3.05, 3.63) is 98.7 Å². The molecule has 0 unspecified atom stereocenters. The largest absolute Gasteiger partial charge is 0.350 e. The smallest absolute Gasteiger partial charge is 0.282 e. The molecule has 32 heavy (non-hydrogen) atoms. The highest BCUT2D eigenvalue weighted by molar-refractivity contribution is 6.46. The molecule has 0 radical (unpaired) electrons. The third-order valence-corrected chi connectivity index (χ3v) is 6.32. The molecule has 0 atom stereocenters. The minimum Gasteiger partial charge on any atom is -0.350 e. The van der Waals surface area contributed by atoms with E-state index < -0.39 is 0 Å². The lowest BCUT2D eigenvalue weighted by Crippen LogP contribution is -2.32. The van der Waals surface area contributed by atoms with Crippen molar-refractivity contribution in [1.82, 2.24) is 0 Å². The number of imide groups is 1. The number of amides is 2. The highest BCUT2D eigenvalue weighted by atomic mass is 35.5. The third kappa shape index (κ3) is 3.82. The van der Waals surface area contributed by atoms with E-state index in [0.29, 0.717) is 27.5 Å². The molecule has 162 valence electrons. The van der Waals surface area contributed by atoms with E-state index in [1.54, 1.807) is 12.1 Å². The molecule has 0 aromatic heterocycles. The van der Waals surface area contributed by atoms with Crippen LogP contribution >= 0.6 is 11.6 Å². The standard InChI is InChI=1S/C27H25ClN2O2/c1-15-6-9-20(12-18(15)4)24-25(29-23-14-21(28)10-7-17(23)3)27(32)30(26(24)31)22-11-8-16(2)19(5)13-22/h6-14,29H,1-5H3. The van der Waals surface area contributed by atoms with Gasteiger partial charge < -0.3 is 5.32 Å². The van der Waals surface area contributed by atoms with Crippen molar-refractivity contribution in [3.63, 3.8) is 0 Å². The number of hydrogen-bond acceptors (Lipinski definition) is 3. The van der Waals surface area contributed by atoms with Crippen LogP contribution in [0.3, 0.4) is 0 Å². The zero-order valence-corrected chi connectivity index (χ0v) is 19.6. The molecule has 1 N–H and O–H groups in total. The number of hydrogen-bond donors (Lipinski definition) is 1. The van der Waals surface area contributed by atoms with Gasteiger partial charge in [-0.1, -0.05) is 41.9 Å². The van der Waals surface area contributed by atoms with Crippen LogP contribution in [-0.4, -0.2) is 11.8 Å². The molecule has 5 heteroatoms. The lowest BCUT2D eigenvalue weighted by Gasteiger charge is -2.17. The summed E-state index contributed by atoms with van der Waals surface area (Å²) in [5, 5.41) is 3.77. The van der Waals surface area contributed by atoms with Crippen molar-refractivity contribution in [2.75, 3.05) is 10.2 Å². The Kier molecular flexibility index (Phi) is 5.66. The summed E-state index contributed by atoms with van der Waals surface area (Å²) in [5.41, 5.74) is 7.78. The second kappa shape index (κ2) is 8.29. The van der Waals surface area contributed by atoms with Crippen LogP contribution in [0.4, 0.5) is 11.4 Å². The first-order valence-corrected chi connectivity index (χ1v) is 10.9. The SMILES string of the molecule is Cc1ccc(C2=C(Nc3cc(Cl)ccc3C)C(=O)N(c3ccc(C)c(C)c3)C2=O)cc1C. The van der Waals surface area contributed by atoms with Crippen LogP contribution in [0.1, 0.15) is 33.4 Å². The maximum atomic E-state index is 13.6. The molecule has 1 heterocycles. The Balaban J connectivity index is 1.88. The van der Waals surface area contributed by atoms with Gasteiger partial charge in [-0.25, -0.2) is 4.90 Å². The predicted molar refractivity (Wildman–Crippen MR) is 131 cm³/mol. The van der Waals surface area contributed by atoms with Crippen molar-refractivity contribution < 1.29 is 9.59 Å². The van der Waals surface area contributed by atoms with E-state index in [-0.39, 0.29) is 17.5 Å². The molecule has 0 aliphatic carbocycles. The molecule has 1 aliphatic rings. The van der Waals surface area contributed by atoms with E-state index in [4.69, 9.17) is 11.6 Å². The van der Waals surface area contributed by atoms with E-state index in [9.17, 15) is 9.59 Å². The van der Waals surface area contributed by atoms with E-state index in [1.807, 2.05) is 77.1 Å². The zero-order valence-electron chi connectivity index (χ0n) is 18.8. The van der Waals surface area contributed by atoms with Gasteiger partial charge in [-0.2, -0.15) is 0 Å². The molecule has 0 spiro atoms. The Morgan fingerprint density at radius 2 is 1.31 bits per heavy atom. The number of nitrogens with one attached hydrogen (secondary N) is 1. The Hall–Kier alpha value is -3.37. The number of benzene rings is 3. The van der Waals surface area contributed by atoms with Gasteiger partial charge in [0.1, 0.15) is 5.70 Å². The number of nitrogens with zero attached hydrogens (tertiary/aromatic N) is 1. The average Bonchev–Trinajstić information content (AvgIpc) is 2.99. The summed E-state index contributed by atoms with van der Waals surface area (Å²) >= 11 is 6.20. The molecular weight excluding hydrogens is 420 g/mol. The summed E-state index contributed by atoms with van der Waals surface area (Å²) in [6.45, 7) is 9.91. The predicted octanol–water partition coefficient (Wildman–Crippen LogP) is 6.28. The van der Waals surface area contributed by atoms with Gasteiger partial charge in [0.25, 0.3) is 11.8 Å². The van der Waals surface area contributed by atoms with Crippen LogP contribution in [0.25, 0.3) is 5.57 Å². The third-order valence-electron chi connectivity index (χ3n) is 6.09. The number of aryl methyl sites for hydroxylation is 5. The number of carbonyl (C=O) groups is 2. The molecule has 4 rings (SSSR count). The molecule has 0 bridgehead atoms. The topological polar surface area (TPSA) is 49.4 Å². The quantitative estimate of drug-likeness (QED) is 0.482. The molecular formula is C27H25ClN2O2. The maximum Gasteiger partial charge on any atom is 0.282 e. The minimum atomic E-state index is -0.383. The van der Waals surface area contributed by atoms with Crippen molar-refractivity contribution in [2.24, 2.45) is 0 Å². The van der Waals surface area contributed by atoms with Crippen molar-refractivity contribution in [3.8, 4) is 0 Å². The van der Waals surface area contributed by atoms with E-state index in [2.05, 4.69) is 5.32 Å². The zero-order chi connectivity index (χ0) is 23.2. The Morgan fingerprint density at radius 3 is 1.97 bits per heavy atom. The highest BCUT2D eigenvalue weighted by Crippen LogP contribution is 2.35. The number of halogens is 1. The summed E-state index contributed by atoms with van der Waals surface area (Å²) in [5.74, 6) is -0.727. The fourth-order valence-corrected chi connectivity index (χ4v) is 3.95. The molecule has 2 amide bonds. The second-order valence-corrected chi connectivity index (χ2v) is 8.78. The lowest BCUT2D eigenvalue weighted by atomic mass is 9.99. The molecule has 1 aliphatic heterocycles. The Labute approximate surface area is 193 Å².